The lowest BCUT2D eigenvalue weighted by molar-refractivity contribution is -0.152. The fraction of sp³-hybridized carbons (Fsp3) is 0.652. The zero-order valence-corrected chi connectivity index (χ0v) is 16.9. The molecule has 3 saturated heterocycles. The van der Waals surface area contributed by atoms with E-state index in [9.17, 15) is 14.0 Å². The second-order valence-electron chi connectivity index (χ2n) is 9.24. The molecule has 3 fully saturated rings. The van der Waals surface area contributed by atoms with Crippen LogP contribution in [0.25, 0.3) is 0 Å². The van der Waals surface area contributed by atoms with Crippen LogP contribution in [0, 0.1) is 23.6 Å². The average Bonchev–Trinajstić information content (AvgIpc) is 2.68. The van der Waals surface area contributed by atoms with Gasteiger partial charge in [-0.15, -0.1) is 0 Å². The maximum absolute atomic E-state index is 14.2. The van der Waals surface area contributed by atoms with Crippen molar-refractivity contribution in [2.45, 2.75) is 64.5 Å². The summed E-state index contributed by atoms with van der Waals surface area (Å²) >= 11 is 0. The number of benzene rings is 1. The molecule has 0 spiro atoms. The van der Waals surface area contributed by atoms with E-state index in [1.807, 2.05) is 4.90 Å². The minimum atomic E-state index is -0.450. The first-order chi connectivity index (χ1) is 13.5. The number of halogens is 1. The number of fused-ring (bicyclic) bond motifs is 4. The van der Waals surface area contributed by atoms with Gasteiger partial charge in [-0.3, -0.25) is 9.59 Å². The summed E-state index contributed by atoms with van der Waals surface area (Å²) in [5.41, 5.74) is 0.165. The van der Waals surface area contributed by atoms with Gasteiger partial charge < -0.3 is 9.80 Å². The van der Waals surface area contributed by atoms with Gasteiger partial charge in [0, 0.05) is 31.6 Å². The Bertz CT molecular complexity index is 750. The number of carbonyl (C=O) groups is 2. The summed E-state index contributed by atoms with van der Waals surface area (Å²) in [6, 6.07) is 6.72. The van der Waals surface area contributed by atoms with Crippen molar-refractivity contribution >= 4 is 11.8 Å². The van der Waals surface area contributed by atoms with E-state index in [1.54, 1.807) is 18.2 Å². The predicted octanol–water partition coefficient (Wildman–Crippen LogP) is 4.10. The van der Waals surface area contributed by atoms with Crippen LogP contribution in [0.1, 0.15) is 62.7 Å². The third kappa shape index (κ3) is 3.56. The molecule has 152 valence electrons. The second-order valence-corrected chi connectivity index (χ2v) is 9.24. The quantitative estimate of drug-likeness (QED) is 0.782. The predicted molar refractivity (Wildman–Crippen MR) is 106 cm³/mol. The Balaban J connectivity index is 1.59. The highest BCUT2D eigenvalue weighted by molar-refractivity contribution is 5.94. The first-order valence-electron chi connectivity index (χ1n) is 10.8. The van der Waals surface area contributed by atoms with Crippen molar-refractivity contribution in [2.75, 3.05) is 13.1 Å². The lowest BCUT2D eigenvalue weighted by Gasteiger charge is -2.56. The fourth-order valence-electron chi connectivity index (χ4n) is 5.62. The minimum Gasteiger partial charge on any atom is -0.338 e. The Morgan fingerprint density at radius 3 is 2.71 bits per heavy atom. The van der Waals surface area contributed by atoms with Crippen molar-refractivity contribution in [1.82, 2.24) is 9.80 Å². The number of piperidine rings is 3. The lowest BCUT2D eigenvalue weighted by atomic mass is 9.70. The minimum absolute atomic E-state index is 0.165. The average molecular weight is 387 g/mol. The van der Waals surface area contributed by atoms with Gasteiger partial charge in [-0.2, -0.15) is 0 Å². The van der Waals surface area contributed by atoms with Crippen LogP contribution in [0.15, 0.2) is 24.3 Å². The number of carbonyl (C=O) groups excluding carboxylic acids is 2. The van der Waals surface area contributed by atoms with Gasteiger partial charge in [0.25, 0.3) is 5.91 Å². The molecule has 2 bridgehead atoms. The summed E-state index contributed by atoms with van der Waals surface area (Å²) in [7, 11) is 0. The molecule has 1 aromatic carbocycles. The molecule has 4 rings (SSSR count). The van der Waals surface area contributed by atoms with Gasteiger partial charge in [0.1, 0.15) is 5.82 Å². The summed E-state index contributed by atoms with van der Waals surface area (Å²) in [6.07, 6.45) is 5.80. The summed E-state index contributed by atoms with van der Waals surface area (Å²) in [5, 5.41) is 0. The van der Waals surface area contributed by atoms with E-state index in [-0.39, 0.29) is 23.6 Å². The highest BCUT2D eigenvalue weighted by atomic mass is 19.1. The molecule has 2 amide bonds. The van der Waals surface area contributed by atoms with E-state index < -0.39 is 5.82 Å². The van der Waals surface area contributed by atoms with Crippen LogP contribution in [-0.4, -0.2) is 46.8 Å². The largest absolute Gasteiger partial charge is 0.338 e. The number of hydrogen-bond donors (Lipinski definition) is 0. The summed E-state index contributed by atoms with van der Waals surface area (Å²) < 4.78 is 14.2. The standard InChI is InChI=1S/C23H31FN2O2/c1-15(2)10-11-21-17-12-16(20-8-5-9-22(27)26(20)21)13-25(14-17)23(28)18-6-3-4-7-19(18)24/h3-4,6-7,15-17,20-21H,5,8-14H2,1-2H3/t16-,17+,20+,21+/m1/s1. The SMILES string of the molecule is CC(C)CC[C@H]1[C@H]2C[C@H](CN(C(=O)c3ccccc3F)C2)[C@@H]2CCCC(=O)N21. The van der Waals surface area contributed by atoms with Gasteiger partial charge in [-0.25, -0.2) is 4.39 Å². The van der Waals surface area contributed by atoms with Crippen LogP contribution in [0.5, 0.6) is 0 Å². The molecule has 0 aliphatic carbocycles. The molecular weight excluding hydrogens is 355 g/mol. The molecule has 4 atom stereocenters. The molecule has 4 nitrogen and oxygen atoms in total. The van der Waals surface area contributed by atoms with E-state index in [1.165, 1.54) is 6.07 Å². The van der Waals surface area contributed by atoms with Crippen molar-refractivity contribution in [3.05, 3.63) is 35.6 Å². The van der Waals surface area contributed by atoms with E-state index in [4.69, 9.17) is 0 Å². The van der Waals surface area contributed by atoms with Crippen molar-refractivity contribution in [2.24, 2.45) is 17.8 Å². The lowest BCUT2D eigenvalue weighted by Crippen LogP contribution is -2.65. The van der Waals surface area contributed by atoms with Crippen LogP contribution in [0.4, 0.5) is 4.39 Å². The zero-order chi connectivity index (χ0) is 19.8. The number of hydrogen-bond acceptors (Lipinski definition) is 2. The van der Waals surface area contributed by atoms with Crippen molar-refractivity contribution < 1.29 is 14.0 Å². The molecule has 3 aliphatic heterocycles. The Morgan fingerprint density at radius 2 is 1.96 bits per heavy atom. The van der Waals surface area contributed by atoms with Gasteiger partial charge >= 0.3 is 0 Å². The molecule has 3 heterocycles. The molecule has 5 heteroatoms. The summed E-state index contributed by atoms with van der Waals surface area (Å²) in [5.74, 6) is 0.852. The van der Waals surface area contributed by atoms with Gasteiger partial charge in [-0.1, -0.05) is 26.0 Å². The normalized spacial score (nSPS) is 29.8. The molecule has 0 aromatic heterocycles. The molecule has 0 saturated carbocycles. The van der Waals surface area contributed by atoms with Gasteiger partial charge in [-0.05, 0) is 62.0 Å². The molecule has 0 N–H and O–H groups in total. The van der Waals surface area contributed by atoms with Crippen LogP contribution >= 0.6 is 0 Å². The molecule has 1 aromatic rings. The Morgan fingerprint density at radius 1 is 1.21 bits per heavy atom. The Hall–Kier alpha value is -1.91. The van der Waals surface area contributed by atoms with Crippen molar-refractivity contribution in [1.29, 1.82) is 0 Å². The van der Waals surface area contributed by atoms with Crippen LogP contribution in [0.2, 0.25) is 0 Å². The van der Waals surface area contributed by atoms with E-state index >= 15 is 0 Å². The van der Waals surface area contributed by atoms with Crippen LogP contribution < -0.4 is 0 Å². The molecule has 3 aliphatic rings. The maximum Gasteiger partial charge on any atom is 0.256 e. The smallest absolute Gasteiger partial charge is 0.256 e. The summed E-state index contributed by atoms with van der Waals surface area (Å²) in [6.45, 7) is 5.70. The number of nitrogens with zero attached hydrogens (tertiary/aromatic N) is 2. The highest BCUT2D eigenvalue weighted by Gasteiger charge is 2.49. The highest BCUT2D eigenvalue weighted by Crippen LogP contribution is 2.43. The number of likely N-dealkylation sites (tertiary alicyclic amines) is 1. The maximum atomic E-state index is 14.2. The van der Waals surface area contributed by atoms with Gasteiger partial charge in [0.15, 0.2) is 0 Å². The topological polar surface area (TPSA) is 40.6 Å². The third-order valence-electron chi connectivity index (χ3n) is 6.93. The van der Waals surface area contributed by atoms with E-state index in [2.05, 4.69) is 18.7 Å². The fourth-order valence-corrected chi connectivity index (χ4v) is 5.62. The first kappa shape index (κ1) is 19.4. The van der Waals surface area contributed by atoms with Crippen molar-refractivity contribution in [3.63, 3.8) is 0 Å². The van der Waals surface area contributed by atoms with E-state index in [0.29, 0.717) is 43.2 Å². The molecule has 28 heavy (non-hydrogen) atoms. The monoisotopic (exact) mass is 386 g/mol. The van der Waals surface area contributed by atoms with Crippen LogP contribution in [0.3, 0.4) is 0 Å². The van der Waals surface area contributed by atoms with Crippen LogP contribution in [-0.2, 0) is 4.79 Å². The van der Waals surface area contributed by atoms with Gasteiger partial charge in [0.05, 0.1) is 5.56 Å². The number of rotatable bonds is 4. The molecule has 0 unspecified atom stereocenters. The molecule has 0 radical (unpaired) electrons. The van der Waals surface area contributed by atoms with Crippen molar-refractivity contribution in [3.8, 4) is 0 Å². The number of amides is 2. The molecular formula is C23H31FN2O2. The van der Waals surface area contributed by atoms with Gasteiger partial charge in [0.2, 0.25) is 5.91 Å². The van der Waals surface area contributed by atoms with E-state index in [0.717, 1.165) is 32.1 Å². The second kappa shape index (κ2) is 7.84. The Labute approximate surface area is 167 Å². The first-order valence-corrected chi connectivity index (χ1v) is 10.8. The Kier molecular flexibility index (Phi) is 5.44. The zero-order valence-electron chi connectivity index (χ0n) is 16.9. The third-order valence-corrected chi connectivity index (χ3v) is 6.93. The summed E-state index contributed by atoms with van der Waals surface area (Å²) in [4.78, 5) is 29.9.